The van der Waals surface area contributed by atoms with E-state index >= 15 is 0 Å². The number of nitrogens with zero attached hydrogens (tertiary/aromatic N) is 4. The number of halogens is 1. The van der Waals surface area contributed by atoms with E-state index in [4.69, 9.17) is 22.1 Å². The van der Waals surface area contributed by atoms with Gasteiger partial charge in [0.1, 0.15) is 5.82 Å². The van der Waals surface area contributed by atoms with E-state index in [1.165, 1.54) is 11.1 Å². The number of primary amides is 1. The van der Waals surface area contributed by atoms with Gasteiger partial charge in [0.05, 0.1) is 29.8 Å². The SMILES string of the molecule is CN(CC(N)=O)CC1CN(c2ncc(C(=O)N(C)C)cc2Cl)CCO1. The van der Waals surface area contributed by atoms with Crippen LogP contribution in [0, 0.1) is 0 Å². The van der Waals surface area contributed by atoms with Crippen molar-refractivity contribution >= 4 is 29.2 Å². The molecule has 0 radical (unpaired) electrons. The molecule has 0 aromatic carbocycles. The third-order valence-corrected chi connectivity index (χ3v) is 4.13. The van der Waals surface area contributed by atoms with E-state index in [0.717, 1.165) is 0 Å². The number of anilines is 1. The maximum Gasteiger partial charge on any atom is 0.254 e. The summed E-state index contributed by atoms with van der Waals surface area (Å²) < 4.78 is 5.75. The molecule has 0 bridgehead atoms. The van der Waals surface area contributed by atoms with Crippen molar-refractivity contribution < 1.29 is 14.3 Å². The van der Waals surface area contributed by atoms with E-state index in [2.05, 4.69) is 4.98 Å². The third kappa shape index (κ3) is 5.29. The number of hydrogen-bond acceptors (Lipinski definition) is 6. The molecule has 1 aliphatic rings. The number of carbonyl (C=O) groups is 2. The zero-order valence-corrected chi connectivity index (χ0v) is 15.5. The highest BCUT2D eigenvalue weighted by Gasteiger charge is 2.25. The highest BCUT2D eigenvalue weighted by Crippen LogP contribution is 2.26. The fraction of sp³-hybridized carbons (Fsp3) is 0.562. The predicted molar refractivity (Wildman–Crippen MR) is 95.9 cm³/mol. The molecule has 25 heavy (non-hydrogen) atoms. The summed E-state index contributed by atoms with van der Waals surface area (Å²) in [5.41, 5.74) is 5.66. The summed E-state index contributed by atoms with van der Waals surface area (Å²) in [5.74, 6) is 0.109. The summed E-state index contributed by atoms with van der Waals surface area (Å²) >= 11 is 6.35. The van der Waals surface area contributed by atoms with Crippen molar-refractivity contribution in [2.75, 3.05) is 58.8 Å². The number of ether oxygens (including phenoxy) is 1. The van der Waals surface area contributed by atoms with Gasteiger partial charge >= 0.3 is 0 Å². The van der Waals surface area contributed by atoms with Gasteiger partial charge in [-0.15, -0.1) is 0 Å². The van der Waals surface area contributed by atoms with Crippen molar-refractivity contribution in [2.45, 2.75) is 6.10 Å². The second kappa shape index (κ2) is 8.46. The van der Waals surface area contributed by atoms with Gasteiger partial charge in [-0.2, -0.15) is 0 Å². The number of pyridine rings is 1. The topological polar surface area (TPSA) is 92.0 Å². The van der Waals surface area contributed by atoms with Crippen LogP contribution in [0.4, 0.5) is 5.82 Å². The smallest absolute Gasteiger partial charge is 0.254 e. The second-order valence-corrected chi connectivity index (χ2v) is 6.74. The highest BCUT2D eigenvalue weighted by molar-refractivity contribution is 6.33. The van der Waals surface area contributed by atoms with E-state index in [-0.39, 0.29) is 24.5 Å². The van der Waals surface area contributed by atoms with Gasteiger partial charge in [0, 0.05) is 39.9 Å². The number of hydrogen-bond donors (Lipinski definition) is 1. The van der Waals surface area contributed by atoms with Crippen LogP contribution in [-0.2, 0) is 9.53 Å². The number of amides is 2. The Morgan fingerprint density at radius 2 is 2.16 bits per heavy atom. The molecule has 1 saturated heterocycles. The molecule has 138 valence electrons. The van der Waals surface area contributed by atoms with Crippen LogP contribution in [0.25, 0.3) is 0 Å². The maximum absolute atomic E-state index is 12.0. The molecule has 1 aromatic heterocycles. The lowest BCUT2D eigenvalue weighted by molar-refractivity contribution is -0.119. The van der Waals surface area contributed by atoms with Gasteiger partial charge < -0.3 is 20.3 Å². The minimum absolute atomic E-state index is 0.0842. The van der Waals surface area contributed by atoms with Crippen LogP contribution in [0.1, 0.15) is 10.4 Å². The Labute approximate surface area is 152 Å². The fourth-order valence-electron chi connectivity index (χ4n) is 2.74. The van der Waals surface area contributed by atoms with Gasteiger partial charge in [-0.3, -0.25) is 14.5 Å². The first-order valence-electron chi connectivity index (χ1n) is 7.98. The normalized spacial score (nSPS) is 17.6. The Hall–Kier alpha value is -1.90. The van der Waals surface area contributed by atoms with Gasteiger partial charge in [0.2, 0.25) is 5.91 Å². The number of likely N-dealkylation sites (N-methyl/N-ethyl adjacent to an activating group) is 1. The fourth-order valence-corrected chi connectivity index (χ4v) is 3.02. The molecule has 0 saturated carbocycles. The number of aromatic nitrogens is 1. The first-order valence-corrected chi connectivity index (χ1v) is 8.36. The van der Waals surface area contributed by atoms with Gasteiger partial charge in [0.25, 0.3) is 5.91 Å². The summed E-state index contributed by atoms with van der Waals surface area (Å²) in [6.45, 7) is 2.54. The lowest BCUT2D eigenvalue weighted by Gasteiger charge is -2.35. The predicted octanol–water partition coefficient (Wildman–Crippen LogP) is 0.0591. The van der Waals surface area contributed by atoms with Crippen LogP contribution in [0.5, 0.6) is 0 Å². The lowest BCUT2D eigenvalue weighted by Crippen LogP contribution is -2.48. The molecule has 1 unspecified atom stereocenters. The molecule has 2 amide bonds. The lowest BCUT2D eigenvalue weighted by atomic mass is 10.2. The number of morpholine rings is 1. The largest absolute Gasteiger partial charge is 0.373 e. The standard InChI is InChI=1S/C16H24ClN5O3/c1-20(2)16(24)11-6-13(17)15(19-7-11)22-4-5-25-12(9-22)8-21(3)10-14(18)23/h6-7,12H,4-5,8-10H2,1-3H3,(H2,18,23). The average molecular weight is 370 g/mol. The summed E-state index contributed by atoms with van der Waals surface area (Å²) in [4.78, 5) is 32.7. The highest BCUT2D eigenvalue weighted by atomic mass is 35.5. The first kappa shape index (κ1) is 19.4. The molecule has 2 heterocycles. The zero-order valence-electron chi connectivity index (χ0n) is 14.7. The van der Waals surface area contributed by atoms with Gasteiger partial charge in [-0.05, 0) is 13.1 Å². The van der Waals surface area contributed by atoms with Crippen molar-refractivity contribution in [1.82, 2.24) is 14.8 Å². The van der Waals surface area contributed by atoms with Crippen molar-refractivity contribution in [3.05, 3.63) is 22.8 Å². The Balaban J connectivity index is 2.05. The van der Waals surface area contributed by atoms with Crippen LogP contribution >= 0.6 is 11.6 Å². The second-order valence-electron chi connectivity index (χ2n) is 6.33. The molecule has 1 fully saturated rings. The van der Waals surface area contributed by atoms with Gasteiger partial charge in [-0.25, -0.2) is 4.98 Å². The van der Waals surface area contributed by atoms with Crippen LogP contribution in [0.3, 0.4) is 0 Å². The van der Waals surface area contributed by atoms with Gasteiger partial charge in [0.15, 0.2) is 0 Å². The minimum atomic E-state index is -0.374. The molecule has 2 rings (SSSR count). The van der Waals surface area contributed by atoms with E-state index in [1.54, 1.807) is 20.2 Å². The van der Waals surface area contributed by atoms with Crippen LogP contribution < -0.4 is 10.6 Å². The van der Waals surface area contributed by atoms with Crippen molar-refractivity contribution in [3.63, 3.8) is 0 Å². The zero-order chi connectivity index (χ0) is 18.6. The molecule has 1 aromatic rings. The first-order chi connectivity index (χ1) is 11.8. The van der Waals surface area contributed by atoms with E-state index in [9.17, 15) is 9.59 Å². The van der Waals surface area contributed by atoms with Crippen molar-refractivity contribution in [3.8, 4) is 0 Å². The molecule has 8 nitrogen and oxygen atoms in total. The summed E-state index contributed by atoms with van der Waals surface area (Å²) in [5, 5.41) is 0.429. The molecule has 0 spiro atoms. The molecular weight excluding hydrogens is 346 g/mol. The Morgan fingerprint density at radius 3 is 2.76 bits per heavy atom. The molecule has 2 N–H and O–H groups in total. The van der Waals surface area contributed by atoms with E-state index in [0.29, 0.717) is 42.6 Å². The minimum Gasteiger partial charge on any atom is -0.373 e. The van der Waals surface area contributed by atoms with E-state index in [1.807, 2.05) is 16.8 Å². The summed E-state index contributed by atoms with van der Waals surface area (Å²) in [7, 11) is 5.18. The summed E-state index contributed by atoms with van der Waals surface area (Å²) in [6.07, 6.45) is 1.45. The molecule has 1 atom stereocenters. The van der Waals surface area contributed by atoms with Gasteiger partial charge in [-0.1, -0.05) is 11.6 Å². The van der Waals surface area contributed by atoms with Crippen LogP contribution in [-0.4, -0.2) is 86.6 Å². The number of nitrogens with two attached hydrogens (primary N) is 1. The van der Waals surface area contributed by atoms with Crippen LogP contribution in [0.2, 0.25) is 5.02 Å². The Morgan fingerprint density at radius 1 is 1.44 bits per heavy atom. The molecule has 9 heteroatoms. The average Bonchev–Trinajstić information content (AvgIpc) is 2.53. The molecule has 0 aliphatic carbocycles. The van der Waals surface area contributed by atoms with E-state index < -0.39 is 0 Å². The van der Waals surface area contributed by atoms with Crippen molar-refractivity contribution in [2.24, 2.45) is 5.73 Å². The number of carbonyl (C=O) groups excluding carboxylic acids is 2. The maximum atomic E-state index is 12.0. The Kier molecular flexibility index (Phi) is 6.57. The van der Waals surface area contributed by atoms with Crippen LogP contribution in [0.15, 0.2) is 12.3 Å². The molecule has 1 aliphatic heterocycles. The summed E-state index contributed by atoms with van der Waals surface area (Å²) in [6, 6.07) is 1.63. The molecular formula is C16H24ClN5O3. The third-order valence-electron chi connectivity index (χ3n) is 3.85. The number of rotatable bonds is 6. The van der Waals surface area contributed by atoms with Crippen molar-refractivity contribution in [1.29, 1.82) is 0 Å². The monoisotopic (exact) mass is 369 g/mol. The quantitative estimate of drug-likeness (QED) is 0.762. The Bertz CT molecular complexity index is 640.